The highest BCUT2D eigenvalue weighted by molar-refractivity contribution is 5.75. The maximum atomic E-state index is 12.0. The molecule has 0 aliphatic heterocycles. The molecule has 2 rings (SSSR count). The van der Waals surface area contributed by atoms with Crippen LogP contribution in [0.5, 0.6) is 0 Å². The van der Waals surface area contributed by atoms with E-state index in [2.05, 4.69) is 10.3 Å². The monoisotopic (exact) mass is 309 g/mol. The first-order valence-electron chi connectivity index (χ1n) is 7.60. The van der Waals surface area contributed by atoms with Crippen molar-refractivity contribution in [3.8, 4) is 0 Å². The maximum absolute atomic E-state index is 12.0. The van der Waals surface area contributed by atoms with Crippen LogP contribution in [0, 0.1) is 5.41 Å². The standard InChI is InChI=1S/C15H23N3O4/c1-22-11-15(6-2-3-7-15)10-16-12(19)4-8-18-9-5-13(20)17-14(18)21/h5,9H,2-4,6-8,10-11H2,1H3,(H,16,19)(H,17,20,21). The summed E-state index contributed by atoms with van der Waals surface area (Å²) in [6.07, 6.45) is 6.09. The SMILES string of the molecule is COCC1(CNC(=O)CCn2ccc(=O)[nH]c2=O)CCCC1. The smallest absolute Gasteiger partial charge is 0.328 e. The molecule has 0 atom stereocenters. The zero-order valence-electron chi connectivity index (χ0n) is 12.9. The molecular weight excluding hydrogens is 286 g/mol. The van der Waals surface area contributed by atoms with Crippen molar-refractivity contribution < 1.29 is 9.53 Å². The molecule has 122 valence electrons. The first-order chi connectivity index (χ1) is 10.5. The van der Waals surface area contributed by atoms with Crippen molar-refractivity contribution in [3.05, 3.63) is 33.1 Å². The molecule has 1 amide bonds. The van der Waals surface area contributed by atoms with Crippen molar-refractivity contribution in [2.45, 2.75) is 38.6 Å². The molecule has 22 heavy (non-hydrogen) atoms. The van der Waals surface area contributed by atoms with Crippen molar-refractivity contribution in [3.63, 3.8) is 0 Å². The van der Waals surface area contributed by atoms with Crippen LogP contribution in [0.3, 0.4) is 0 Å². The second kappa shape index (κ2) is 7.40. The molecule has 0 radical (unpaired) electrons. The molecule has 1 fully saturated rings. The number of aryl methyl sites for hydroxylation is 1. The Morgan fingerprint density at radius 2 is 2.14 bits per heavy atom. The lowest BCUT2D eigenvalue weighted by molar-refractivity contribution is -0.122. The van der Waals surface area contributed by atoms with Gasteiger partial charge in [-0.3, -0.25) is 14.6 Å². The molecule has 1 aromatic heterocycles. The summed E-state index contributed by atoms with van der Waals surface area (Å²) < 4.78 is 6.61. The average Bonchev–Trinajstić information content (AvgIpc) is 2.94. The van der Waals surface area contributed by atoms with Gasteiger partial charge in [0.2, 0.25) is 5.91 Å². The van der Waals surface area contributed by atoms with Gasteiger partial charge in [0, 0.05) is 44.3 Å². The predicted octanol–water partition coefficient (Wildman–Crippen LogP) is 0.250. The molecule has 0 spiro atoms. The Hall–Kier alpha value is -1.89. The molecule has 0 aromatic carbocycles. The van der Waals surface area contributed by atoms with Crippen LogP contribution in [0.2, 0.25) is 0 Å². The minimum absolute atomic E-state index is 0.0548. The minimum atomic E-state index is -0.494. The number of carbonyl (C=O) groups excluding carboxylic acids is 1. The number of methoxy groups -OCH3 is 1. The fraction of sp³-hybridized carbons (Fsp3) is 0.667. The number of aromatic amines is 1. The Bertz CT molecular complexity index is 614. The normalized spacial score (nSPS) is 16.6. The van der Waals surface area contributed by atoms with E-state index in [1.165, 1.54) is 29.7 Å². The van der Waals surface area contributed by atoms with Gasteiger partial charge in [-0.05, 0) is 12.8 Å². The van der Waals surface area contributed by atoms with Gasteiger partial charge >= 0.3 is 5.69 Å². The molecule has 7 nitrogen and oxygen atoms in total. The van der Waals surface area contributed by atoms with Gasteiger partial charge in [0.25, 0.3) is 5.56 Å². The number of hydrogen-bond acceptors (Lipinski definition) is 4. The largest absolute Gasteiger partial charge is 0.384 e. The molecule has 0 unspecified atom stereocenters. The molecule has 1 aliphatic carbocycles. The van der Waals surface area contributed by atoms with Gasteiger partial charge in [0.1, 0.15) is 0 Å². The Morgan fingerprint density at radius 1 is 1.41 bits per heavy atom. The van der Waals surface area contributed by atoms with Crippen molar-refractivity contribution in [1.82, 2.24) is 14.9 Å². The Labute approximate surface area is 128 Å². The average molecular weight is 309 g/mol. The summed E-state index contributed by atoms with van der Waals surface area (Å²) in [5.41, 5.74) is -0.875. The fourth-order valence-corrected chi connectivity index (χ4v) is 3.02. The van der Waals surface area contributed by atoms with E-state index in [0.29, 0.717) is 13.2 Å². The highest BCUT2D eigenvalue weighted by Crippen LogP contribution is 2.37. The first kappa shape index (κ1) is 16.5. The number of nitrogens with zero attached hydrogens (tertiary/aromatic N) is 1. The number of rotatable bonds is 7. The summed E-state index contributed by atoms with van der Waals surface area (Å²) in [4.78, 5) is 36.6. The fourth-order valence-electron chi connectivity index (χ4n) is 3.02. The third-order valence-electron chi connectivity index (χ3n) is 4.25. The molecule has 2 N–H and O–H groups in total. The molecule has 0 bridgehead atoms. The molecule has 7 heteroatoms. The Balaban J connectivity index is 1.82. The van der Waals surface area contributed by atoms with E-state index in [4.69, 9.17) is 4.74 Å². The van der Waals surface area contributed by atoms with E-state index >= 15 is 0 Å². The Morgan fingerprint density at radius 3 is 2.77 bits per heavy atom. The zero-order valence-corrected chi connectivity index (χ0v) is 12.9. The van der Waals surface area contributed by atoms with Gasteiger partial charge in [0.05, 0.1) is 6.61 Å². The molecule has 0 saturated heterocycles. The summed E-state index contributed by atoms with van der Waals surface area (Å²) in [6, 6.07) is 1.27. The van der Waals surface area contributed by atoms with Crippen LogP contribution in [0.25, 0.3) is 0 Å². The maximum Gasteiger partial charge on any atom is 0.328 e. The van der Waals surface area contributed by atoms with Crippen LogP contribution in [-0.4, -0.2) is 35.7 Å². The van der Waals surface area contributed by atoms with Crippen LogP contribution in [-0.2, 0) is 16.1 Å². The van der Waals surface area contributed by atoms with Crippen LogP contribution >= 0.6 is 0 Å². The third kappa shape index (κ3) is 4.30. The lowest BCUT2D eigenvalue weighted by atomic mass is 9.87. The summed E-state index contributed by atoms with van der Waals surface area (Å²) in [5.74, 6) is -0.0968. The second-order valence-corrected chi connectivity index (χ2v) is 5.97. The second-order valence-electron chi connectivity index (χ2n) is 5.97. The van der Waals surface area contributed by atoms with E-state index in [1.54, 1.807) is 7.11 Å². The minimum Gasteiger partial charge on any atom is -0.384 e. The number of aromatic nitrogens is 2. The molecular formula is C15H23N3O4. The summed E-state index contributed by atoms with van der Waals surface area (Å²) in [7, 11) is 1.69. The van der Waals surface area contributed by atoms with Crippen LogP contribution in [0.15, 0.2) is 21.9 Å². The summed E-state index contributed by atoms with van der Waals surface area (Å²) >= 11 is 0. The van der Waals surface area contributed by atoms with E-state index in [9.17, 15) is 14.4 Å². The highest BCUT2D eigenvalue weighted by Gasteiger charge is 2.34. The van der Waals surface area contributed by atoms with Crippen LogP contribution in [0.1, 0.15) is 32.1 Å². The van der Waals surface area contributed by atoms with Gasteiger partial charge < -0.3 is 14.6 Å². The van der Waals surface area contributed by atoms with Gasteiger partial charge in [-0.25, -0.2) is 4.79 Å². The predicted molar refractivity (Wildman–Crippen MR) is 81.7 cm³/mol. The summed E-state index contributed by atoms with van der Waals surface area (Å²) in [6.45, 7) is 1.52. The topological polar surface area (TPSA) is 93.2 Å². The van der Waals surface area contributed by atoms with Crippen molar-refractivity contribution in [2.75, 3.05) is 20.3 Å². The lowest BCUT2D eigenvalue weighted by Gasteiger charge is -2.28. The van der Waals surface area contributed by atoms with Gasteiger partial charge in [0.15, 0.2) is 0 Å². The molecule has 1 aromatic rings. The van der Waals surface area contributed by atoms with Gasteiger partial charge in [-0.15, -0.1) is 0 Å². The summed E-state index contributed by atoms with van der Waals surface area (Å²) in [5, 5.41) is 2.95. The molecule has 1 saturated carbocycles. The highest BCUT2D eigenvalue weighted by atomic mass is 16.5. The third-order valence-corrected chi connectivity index (χ3v) is 4.25. The number of ether oxygens (including phenoxy) is 1. The number of H-pyrrole nitrogens is 1. The van der Waals surface area contributed by atoms with Gasteiger partial charge in [-0.1, -0.05) is 12.8 Å². The zero-order chi connectivity index (χ0) is 16.0. The number of hydrogen-bond donors (Lipinski definition) is 2. The van der Waals surface area contributed by atoms with E-state index in [0.717, 1.165) is 12.8 Å². The lowest BCUT2D eigenvalue weighted by Crippen LogP contribution is -2.39. The Kier molecular flexibility index (Phi) is 5.54. The molecule has 1 heterocycles. The quantitative estimate of drug-likeness (QED) is 0.755. The number of carbonyl (C=O) groups is 1. The van der Waals surface area contributed by atoms with E-state index in [1.807, 2.05) is 0 Å². The van der Waals surface area contributed by atoms with E-state index < -0.39 is 11.2 Å². The van der Waals surface area contributed by atoms with E-state index in [-0.39, 0.29) is 24.3 Å². The first-order valence-corrected chi connectivity index (χ1v) is 7.60. The van der Waals surface area contributed by atoms with Crippen LogP contribution < -0.4 is 16.6 Å². The molecule has 1 aliphatic rings. The van der Waals surface area contributed by atoms with Crippen molar-refractivity contribution in [1.29, 1.82) is 0 Å². The van der Waals surface area contributed by atoms with Crippen molar-refractivity contribution in [2.24, 2.45) is 5.41 Å². The number of nitrogens with one attached hydrogen (secondary N) is 2. The number of amides is 1. The van der Waals surface area contributed by atoms with Crippen LogP contribution in [0.4, 0.5) is 0 Å². The van der Waals surface area contributed by atoms with Gasteiger partial charge in [-0.2, -0.15) is 0 Å². The van der Waals surface area contributed by atoms with Crippen molar-refractivity contribution >= 4 is 5.91 Å².